The number of rotatable bonds is 6. The number of ether oxygens (including phenoxy) is 1. The number of nitrogens with one attached hydrogen (secondary N) is 1. The van der Waals surface area contributed by atoms with Gasteiger partial charge < -0.3 is 24.7 Å². The van der Waals surface area contributed by atoms with Crippen LogP contribution in [0.5, 0.6) is 0 Å². The smallest absolute Gasteiger partial charge is 0.356 e. The zero-order valence-corrected chi connectivity index (χ0v) is 21.2. The number of hydrogen-bond acceptors (Lipinski definition) is 7. The number of esters is 1. The number of benzene rings is 1. The molecule has 11 heteroatoms. The molecule has 10 nitrogen and oxygen atoms in total. The quantitative estimate of drug-likeness (QED) is 0.457. The molecule has 2 amide bonds. The molecular formula is C27H27FN4O6. The van der Waals surface area contributed by atoms with Gasteiger partial charge in [0.25, 0.3) is 11.8 Å². The number of hydrogen-bond donors (Lipinski definition) is 1. The summed E-state index contributed by atoms with van der Waals surface area (Å²) in [4.78, 5) is 60.7. The standard InChI is InChI=1S/C27H27FN4O6/c1-4-30(5-2)10-11-31-22-14-21-25(27(31)36)15(3)20(32(21)38-24(34)9-8-23(33)37-22)13-18-17-12-16(28)6-7-19(17)29-26(18)35/h6-9,12-13,22H,4-5,10-11,14H2,1-3H3,(H,29,35)/b9-8+,18-13-. The maximum absolute atomic E-state index is 14.0. The van der Waals surface area contributed by atoms with E-state index in [0.29, 0.717) is 41.2 Å². The Morgan fingerprint density at radius 3 is 2.61 bits per heavy atom. The topological polar surface area (TPSA) is 110 Å². The van der Waals surface area contributed by atoms with Gasteiger partial charge in [-0.2, -0.15) is 4.73 Å². The largest absolute Gasteiger partial charge is 0.438 e. The summed E-state index contributed by atoms with van der Waals surface area (Å²) >= 11 is 0. The van der Waals surface area contributed by atoms with Crippen LogP contribution in [0, 0.1) is 12.7 Å². The highest BCUT2D eigenvalue weighted by molar-refractivity contribution is 6.35. The van der Waals surface area contributed by atoms with Crippen LogP contribution in [0.1, 0.15) is 46.7 Å². The van der Waals surface area contributed by atoms with Gasteiger partial charge in [-0.05, 0) is 49.9 Å². The lowest BCUT2D eigenvalue weighted by Crippen LogP contribution is -2.51. The van der Waals surface area contributed by atoms with Crippen molar-refractivity contribution in [1.82, 2.24) is 14.5 Å². The van der Waals surface area contributed by atoms with Gasteiger partial charge in [-0.3, -0.25) is 9.59 Å². The third-order valence-electron chi connectivity index (χ3n) is 7.09. The Hall–Kier alpha value is -4.25. The van der Waals surface area contributed by atoms with E-state index in [0.717, 1.165) is 25.2 Å². The molecule has 1 aromatic carbocycles. The van der Waals surface area contributed by atoms with Crippen molar-refractivity contribution < 1.29 is 33.1 Å². The molecule has 0 aliphatic carbocycles. The second-order valence-corrected chi connectivity index (χ2v) is 9.19. The second kappa shape index (κ2) is 9.90. The summed E-state index contributed by atoms with van der Waals surface area (Å²) in [6.07, 6.45) is 2.53. The maximum Gasteiger partial charge on any atom is 0.356 e. The van der Waals surface area contributed by atoms with Gasteiger partial charge >= 0.3 is 11.9 Å². The number of anilines is 1. The summed E-state index contributed by atoms with van der Waals surface area (Å²) in [6.45, 7) is 8.22. The Bertz CT molecular complexity index is 1420. The highest BCUT2D eigenvalue weighted by atomic mass is 19.1. The molecule has 38 heavy (non-hydrogen) atoms. The molecule has 198 valence electrons. The lowest BCUT2D eigenvalue weighted by Gasteiger charge is -2.36. The highest BCUT2D eigenvalue weighted by Crippen LogP contribution is 2.37. The van der Waals surface area contributed by atoms with Crippen LogP contribution in [-0.2, 0) is 25.5 Å². The van der Waals surface area contributed by atoms with Crippen molar-refractivity contribution in [1.29, 1.82) is 0 Å². The molecule has 3 aliphatic rings. The van der Waals surface area contributed by atoms with Crippen molar-refractivity contribution in [2.45, 2.75) is 33.4 Å². The first kappa shape index (κ1) is 25.4. The zero-order chi connectivity index (χ0) is 27.1. The molecule has 0 saturated carbocycles. The SMILES string of the molecule is CCN(CC)CCN1C(=O)c2c(C)c(/C=C3\C(=O)Nc4ccc(F)cc43)n3c2CC1OC(=O)/C=C/C(=O)O3. The Kier molecular flexibility index (Phi) is 6.62. The van der Waals surface area contributed by atoms with E-state index in [1.165, 1.54) is 33.9 Å². The van der Waals surface area contributed by atoms with Gasteiger partial charge in [0.15, 0.2) is 6.23 Å². The third kappa shape index (κ3) is 4.38. The van der Waals surface area contributed by atoms with E-state index in [4.69, 9.17) is 9.57 Å². The van der Waals surface area contributed by atoms with E-state index in [9.17, 15) is 23.6 Å². The lowest BCUT2D eigenvalue weighted by atomic mass is 10.00. The van der Waals surface area contributed by atoms with Gasteiger partial charge in [-0.15, -0.1) is 0 Å². The molecule has 3 aliphatic heterocycles. The maximum atomic E-state index is 14.0. The molecule has 1 aromatic heterocycles. The highest BCUT2D eigenvalue weighted by Gasteiger charge is 2.41. The van der Waals surface area contributed by atoms with Crippen molar-refractivity contribution in [3.63, 3.8) is 0 Å². The molecule has 0 spiro atoms. The first-order valence-corrected chi connectivity index (χ1v) is 12.4. The van der Waals surface area contributed by atoms with E-state index in [1.807, 2.05) is 13.8 Å². The molecule has 4 heterocycles. The minimum absolute atomic E-state index is 0.0770. The predicted octanol–water partition coefficient (Wildman–Crippen LogP) is 2.16. The molecule has 1 atom stereocenters. The third-order valence-corrected chi connectivity index (χ3v) is 7.09. The Morgan fingerprint density at radius 1 is 1.13 bits per heavy atom. The number of nitrogens with zero attached hydrogens (tertiary/aromatic N) is 3. The molecule has 1 N–H and O–H groups in total. The van der Waals surface area contributed by atoms with Gasteiger partial charge in [-0.1, -0.05) is 13.8 Å². The summed E-state index contributed by atoms with van der Waals surface area (Å²) in [5, 5.41) is 2.69. The van der Waals surface area contributed by atoms with Crippen LogP contribution in [0.4, 0.5) is 10.1 Å². The van der Waals surface area contributed by atoms with Crippen molar-refractivity contribution in [3.05, 3.63) is 64.2 Å². The number of amides is 2. The van der Waals surface area contributed by atoms with Crippen molar-refractivity contribution in [3.8, 4) is 0 Å². The van der Waals surface area contributed by atoms with Gasteiger partial charge in [0, 0.05) is 42.9 Å². The van der Waals surface area contributed by atoms with Crippen LogP contribution in [0.15, 0.2) is 30.4 Å². The number of aromatic nitrogens is 1. The van der Waals surface area contributed by atoms with Crippen LogP contribution >= 0.6 is 0 Å². The van der Waals surface area contributed by atoms with Gasteiger partial charge in [0.05, 0.1) is 22.5 Å². The van der Waals surface area contributed by atoms with E-state index < -0.39 is 29.9 Å². The van der Waals surface area contributed by atoms with E-state index in [-0.39, 0.29) is 23.6 Å². The van der Waals surface area contributed by atoms with Crippen LogP contribution in [0.25, 0.3) is 11.6 Å². The first-order chi connectivity index (χ1) is 18.2. The van der Waals surface area contributed by atoms with E-state index in [2.05, 4.69) is 10.2 Å². The molecule has 5 rings (SSSR count). The monoisotopic (exact) mass is 522 g/mol. The van der Waals surface area contributed by atoms with E-state index >= 15 is 0 Å². The normalized spacial score (nSPS) is 20.4. The summed E-state index contributed by atoms with van der Waals surface area (Å²) in [7, 11) is 0. The Balaban J connectivity index is 1.65. The van der Waals surface area contributed by atoms with Crippen LogP contribution in [0.3, 0.4) is 0 Å². The molecule has 0 radical (unpaired) electrons. The molecule has 2 aromatic rings. The van der Waals surface area contributed by atoms with Gasteiger partial charge in [0.1, 0.15) is 5.82 Å². The first-order valence-electron chi connectivity index (χ1n) is 12.4. The van der Waals surface area contributed by atoms with E-state index in [1.54, 1.807) is 6.92 Å². The molecule has 1 unspecified atom stereocenters. The van der Waals surface area contributed by atoms with Crippen LogP contribution < -0.4 is 10.2 Å². The van der Waals surface area contributed by atoms with Crippen molar-refractivity contribution >= 4 is 41.1 Å². The fourth-order valence-corrected chi connectivity index (χ4v) is 5.04. The molecule has 0 fully saturated rings. The minimum atomic E-state index is -0.919. The molecule has 0 saturated heterocycles. The average Bonchev–Trinajstić information content (AvgIpc) is 3.33. The van der Waals surface area contributed by atoms with Crippen molar-refractivity contribution in [2.24, 2.45) is 0 Å². The predicted molar refractivity (Wildman–Crippen MR) is 135 cm³/mol. The lowest BCUT2D eigenvalue weighted by molar-refractivity contribution is -0.153. The zero-order valence-electron chi connectivity index (χ0n) is 21.2. The van der Waals surface area contributed by atoms with Crippen LogP contribution in [0.2, 0.25) is 0 Å². The van der Waals surface area contributed by atoms with Crippen LogP contribution in [-0.4, -0.2) is 70.7 Å². The Morgan fingerprint density at radius 2 is 1.87 bits per heavy atom. The van der Waals surface area contributed by atoms with Gasteiger partial charge in [0.2, 0.25) is 0 Å². The fourth-order valence-electron chi connectivity index (χ4n) is 5.04. The molecular weight excluding hydrogens is 495 g/mol. The van der Waals surface area contributed by atoms with Crippen molar-refractivity contribution in [2.75, 3.05) is 31.5 Å². The number of carbonyl (C=O) groups excluding carboxylic acids is 4. The number of halogens is 1. The average molecular weight is 523 g/mol. The Labute approximate surface area is 218 Å². The summed E-state index contributed by atoms with van der Waals surface area (Å²) < 4.78 is 20.8. The summed E-state index contributed by atoms with van der Waals surface area (Å²) in [5.74, 6) is -2.98. The summed E-state index contributed by atoms with van der Waals surface area (Å²) in [5.41, 5.74) is 2.37. The molecule has 2 bridgehead atoms. The summed E-state index contributed by atoms with van der Waals surface area (Å²) in [6, 6.07) is 3.95. The fraction of sp³-hybridized carbons (Fsp3) is 0.333. The van der Waals surface area contributed by atoms with Gasteiger partial charge in [-0.25, -0.2) is 14.0 Å². The number of likely N-dealkylation sites (N-methyl/N-ethyl adjacent to an activating group) is 1. The second-order valence-electron chi connectivity index (χ2n) is 9.19. The number of carbonyl (C=O) groups is 4. The minimum Gasteiger partial charge on any atom is -0.438 e. The number of fused-ring (bicyclic) bond motifs is 2.